The predicted octanol–water partition coefficient (Wildman–Crippen LogP) is 3.40. The van der Waals surface area contributed by atoms with Gasteiger partial charge in [0.15, 0.2) is 6.29 Å². The van der Waals surface area contributed by atoms with Gasteiger partial charge in [-0.05, 0) is 31.5 Å². The molecule has 1 unspecified atom stereocenters. The molecule has 110 valence electrons. The van der Waals surface area contributed by atoms with E-state index >= 15 is 0 Å². The summed E-state index contributed by atoms with van der Waals surface area (Å²) in [5, 5.41) is 4.53. The van der Waals surface area contributed by atoms with Gasteiger partial charge in [0, 0.05) is 19.6 Å². The monoisotopic (exact) mass is 277 g/mol. The van der Waals surface area contributed by atoms with Crippen LogP contribution in [0.15, 0.2) is 28.7 Å². The second-order valence-electron chi connectivity index (χ2n) is 4.91. The third kappa shape index (κ3) is 3.03. The first-order valence-corrected chi connectivity index (χ1v) is 6.99. The van der Waals surface area contributed by atoms with Crippen molar-refractivity contribution in [2.75, 3.05) is 20.8 Å². The zero-order chi connectivity index (χ0) is 14.5. The largest absolute Gasteiger partial charge is 0.459 e. The van der Waals surface area contributed by atoms with Crippen molar-refractivity contribution in [3.63, 3.8) is 0 Å². The Morgan fingerprint density at radius 2 is 2.00 bits per heavy atom. The van der Waals surface area contributed by atoms with E-state index < -0.39 is 0 Å². The first-order valence-electron chi connectivity index (χ1n) is 6.99. The van der Waals surface area contributed by atoms with Crippen molar-refractivity contribution in [3.8, 4) is 0 Å². The number of ether oxygens (including phenoxy) is 2. The number of para-hydroxylation sites is 1. The maximum atomic E-state index is 6.02. The number of hydrogen-bond donors (Lipinski definition) is 1. The number of hydrogen-bond acceptors (Lipinski definition) is 4. The number of nitrogens with one attached hydrogen (secondary N) is 1. The number of benzene rings is 1. The molecule has 0 radical (unpaired) electrons. The molecule has 1 N–H and O–H groups in total. The van der Waals surface area contributed by atoms with E-state index in [0.29, 0.717) is 0 Å². The fourth-order valence-corrected chi connectivity index (χ4v) is 2.38. The molecule has 0 aliphatic rings. The Hall–Kier alpha value is -1.36. The smallest absolute Gasteiger partial charge is 0.179 e. The van der Waals surface area contributed by atoms with Gasteiger partial charge in [-0.25, -0.2) is 0 Å². The van der Waals surface area contributed by atoms with Gasteiger partial charge in [-0.3, -0.25) is 0 Å². The third-order valence-corrected chi connectivity index (χ3v) is 3.42. The Morgan fingerprint density at radius 1 is 1.25 bits per heavy atom. The first kappa shape index (κ1) is 15.0. The summed E-state index contributed by atoms with van der Waals surface area (Å²) in [5.41, 5.74) is 2.06. The molecule has 0 aliphatic carbocycles. The van der Waals surface area contributed by atoms with Crippen molar-refractivity contribution < 1.29 is 13.9 Å². The van der Waals surface area contributed by atoms with Crippen LogP contribution in [0.4, 0.5) is 0 Å². The van der Waals surface area contributed by atoms with Gasteiger partial charge >= 0.3 is 0 Å². The van der Waals surface area contributed by atoms with Gasteiger partial charge in [-0.15, -0.1) is 0 Å². The second kappa shape index (κ2) is 6.88. The van der Waals surface area contributed by atoms with Crippen molar-refractivity contribution in [1.29, 1.82) is 0 Å². The van der Waals surface area contributed by atoms with Crippen LogP contribution >= 0.6 is 0 Å². The van der Waals surface area contributed by atoms with E-state index in [1.165, 1.54) is 0 Å². The lowest BCUT2D eigenvalue weighted by atomic mass is 10.1. The molecule has 0 fully saturated rings. The van der Waals surface area contributed by atoms with E-state index in [0.717, 1.165) is 35.3 Å². The van der Waals surface area contributed by atoms with Crippen LogP contribution in [0.1, 0.15) is 30.7 Å². The van der Waals surface area contributed by atoms with Gasteiger partial charge in [0.25, 0.3) is 0 Å². The zero-order valence-electron chi connectivity index (χ0n) is 12.6. The summed E-state index contributed by atoms with van der Waals surface area (Å²) >= 11 is 0. The van der Waals surface area contributed by atoms with Gasteiger partial charge in [-0.2, -0.15) is 0 Å². The highest BCUT2D eigenvalue weighted by Gasteiger charge is 2.26. The first-order chi connectivity index (χ1) is 9.71. The molecule has 0 amide bonds. The molecule has 0 spiro atoms. The van der Waals surface area contributed by atoms with Crippen molar-refractivity contribution in [2.45, 2.75) is 32.6 Å². The van der Waals surface area contributed by atoms with Crippen molar-refractivity contribution >= 4 is 11.0 Å². The molecule has 1 heterocycles. The van der Waals surface area contributed by atoms with Crippen LogP contribution in [0.25, 0.3) is 11.0 Å². The van der Waals surface area contributed by atoms with E-state index in [4.69, 9.17) is 13.9 Å². The lowest BCUT2D eigenvalue weighted by Gasteiger charge is -2.24. The number of aryl methyl sites for hydroxylation is 1. The number of rotatable bonds is 7. The molecule has 2 aromatic rings. The van der Waals surface area contributed by atoms with Gasteiger partial charge in [0.1, 0.15) is 17.4 Å². The van der Waals surface area contributed by atoms with Gasteiger partial charge in [-0.1, -0.05) is 25.1 Å². The van der Waals surface area contributed by atoms with Crippen LogP contribution in [-0.2, 0) is 9.47 Å². The topological polar surface area (TPSA) is 43.6 Å². The molecule has 1 aromatic heterocycles. The normalized spacial score (nSPS) is 13.2. The Labute approximate surface area is 120 Å². The summed E-state index contributed by atoms with van der Waals surface area (Å²) < 4.78 is 16.8. The minimum Gasteiger partial charge on any atom is -0.459 e. The lowest BCUT2D eigenvalue weighted by molar-refractivity contribution is -0.127. The summed E-state index contributed by atoms with van der Waals surface area (Å²) in [7, 11) is 3.28. The molecule has 0 aliphatic heterocycles. The summed E-state index contributed by atoms with van der Waals surface area (Å²) in [6.07, 6.45) is 0.665. The molecule has 20 heavy (non-hydrogen) atoms. The number of methoxy groups -OCH3 is 2. The van der Waals surface area contributed by atoms with E-state index in [2.05, 4.69) is 24.4 Å². The minimum atomic E-state index is -0.373. The van der Waals surface area contributed by atoms with Crippen LogP contribution in [0.5, 0.6) is 0 Å². The summed E-state index contributed by atoms with van der Waals surface area (Å²) in [4.78, 5) is 0. The summed E-state index contributed by atoms with van der Waals surface area (Å²) in [6.45, 7) is 5.06. The maximum Gasteiger partial charge on any atom is 0.179 e. The third-order valence-electron chi connectivity index (χ3n) is 3.42. The van der Waals surface area contributed by atoms with Crippen LogP contribution in [0, 0.1) is 6.92 Å². The molecule has 0 bridgehead atoms. The average Bonchev–Trinajstić information content (AvgIpc) is 2.88. The van der Waals surface area contributed by atoms with E-state index in [1.54, 1.807) is 14.2 Å². The number of fused-ring (bicyclic) bond motifs is 1. The van der Waals surface area contributed by atoms with Gasteiger partial charge in [0.2, 0.25) is 0 Å². The highest BCUT2D eigenvalue weighted by Crippen LogP contribution is 2.28. The Bertz CT molecular complexity index is 546. The lowest BCUT2D eigenvalue weighted by Crippen LogP contribution is -2.34. The van der Waals surface area contributed by atoms with Crippen molar-refractivity contribution in [1.82, 2.24) is 5.32 Å². The molecule has 0 saturated heterocycles. The molecule has 4 nitrogen and oxygen atoms in total. The second-order valence-corrected chi connectivity index (χ2v) is 4.91. The number of furan rings is 1. The van der Waals surface area contributed by atoms with Gasteiger partial charge < -0.3 is 19.2 Å². The molecular weight excluding hydrogens is 254 g/mol. The van der Waals surface area contributed by atoms with E-state index in [-0.39, 0.29) is 12.3 Å². The molecular formula is C16H23NO3. The quantitative estimate of drug-likeness (QED) is 0.788. The van der Waals surface area contributed by atoms with Crippen LogP contribution in [-0.4, -0.2) is 27.1 Å². The van der Waals surface area contributed by atoms with Crippen molar-refractivity contribution in [3.05, 3.63) is 35.6 Å². The molecule has 1 atom stereocenters. The van der Waals surface area contributed by atoms with Crippen LogP contribution in [0.2, 0.25) is 0 Å². The molecule has 0 saturated carbocycles. The van der Waals surface area contributed by atoms with Crippen LogP contribution in [0.3, 0.4) is 0 Å². The molecule has 4 heteroatoms. The van der Waals surface area contributed by atoms with Crippen LogP contribution < -0.4 is 5.32 Å². The highest BCUT2D eigenvalue weighted by molar-refractivity contribution is 5.81. The summed E-state index contributed by atoms with van der Waals surface area (Å²) in [6, 6.07) is 8.09. The fourth-order valence-electron chi connectivity index (χ4n) is 2.38. The van der Waals surface area contributed by atoms with E-state index in [1.807, 2.05) is 19.1 Å². The fraction of sp³-hybridized carbons (Fsp3) is 0.500. The molecule has 2 rings (SSSR count). The SMILES string of the molecule is CCCNC(c1cc2cccc(C)c2o1)C(OC)OC. The standard InChI is InChI=1S/C16H23NO3/c1-5-9-17-14(16(18-3)19-4)13-10-12-8-6-7-11(2)15(12)20-13/h6-8,10,14,16-17H,5,9H2,1-4H3. The Kier molecular flexibility index (Phi) is 5.17. The van der Waals surface area contributed by atoms with E-state index in [9.17, 15) is 0 Å². The molecule has 1 aromatic carbocycles. The van der Waals surface area contributed by atoms with Crippen molar-refractivity contribution in [2.24, 2.45) is 0 Å². The highest BCUT2D eigenvalue weighted by atomic mass is 16.7. The minimum absolute atomic E-state index is 0.114. The maximum absolute atomic E-state index is 6.02. The zero-order valence-corrected chi connectivity index (χ0v) is 12.6. The Morgan fingerprint density at radius 3 is 2.60 bits per heavy atom. The van der Waals surface area contributed by atoms with Gasteiger partial charge in [0.05, 0.1) is 0 Å². The summed E-state index contributed by atoms with van der Waals surface area (Å²) in [5.74, 6) is 0.844. The Balaban J connectivity index is 2.36. The predicted molar refractivity (Wildman–Crippen MR) is 79.8 cm³/mol. The average molecular weight is 277 g/mol.